The second-order valence-electron chi connectivity index (χ2n) is 12.4. The van der Waals surface area contributed by atoms with Gasteiger partial charge in [-0.15, -0.1) is 0 Å². The fraction of sp³-hybridized carbons (Fsp3) is 0.533. The van der Waals surface area contributed by atoms with Crippen LogP contribution in [-0.2, 0) is 33.0 Å². The van der Waals surface area contributed by atoms with Crippen molar-refractivity contribution < 1.29 is 46.5 Å². The summed E-state index contributed by atoms with van der Waals surface area (Å²) in [5.74, 6) is -4.12. The fourth-order valence-electron chi connectivity index (χ4n) is 4.92. The predicted octanol–water partition coefficient (Wildman–Crippen LogP) is 6.61. The zero-order valence-corrected chi connectivity index (χ0v) is 25.6. The minimum absolute atomic E-state index is 0.0142. The lowest BCUT2D eigenvalue weighted by Gasteiger charge is -2.40. The third-order valence-electron chi connectivity index (χ3n) is 8.41. The van der Waals surface area contributed by atoms with Gasteiger partial charge in [-0.1, -0.05) is 45.0 Å². The Balaban J connectivity index is 0.000000616. The molecule has 0 aromatic heterocycles. The highest BCUT2D eigenvalue weighted by atomic mass is 28.4. The molecule has 2 aromatic rings. The number of hydrogen-bond donors (Lipinski definition) is 2. The molecule has 1 saturated heterocycles. The first kappa shape index (κ1) is 33.5. The van der Waals surface area contributed by atoms with Crippen LogP contribution in [0.4, 0.5) is 17.6 Å². The van der Waals surface area contributed by atoms with E-state index in [1.54, 1.807) is 12.1 Å². The number of carboxylic acid groups (broad SMARTS) is 2. The Labute approximate surface area is 244 Å². The molecule has 1 spiro atoms. The molecule has 0 aliphatic carbocycles. The highest BCUT2D eigenvalue weighted by molar-refractivity contribution is 6.74. The molecule has 42 heavy (non-hydrogen) atoms. The maximum Gasteiger partial charge on any atom is 0.490 e. The number of benzene rings is 2. The molecule has 7 nitrogen and oxygen atoms in total. The van der Waals surface area contributed by atoms with Gasteiger partial charge in [-0.2, -0.15) is 13.2 Å². The Morgan fingerprint density at radius 1 is 1.07 bits per heavy atom. The van der Waals surface area contributed by atoms with E-state index in [1.807, 2.05) is 6.07 Å². The smallest absolute Gasteiger partial charge is 0.490 e. The number of piperidine rings is 1. The fourth-order valence-corrected chi connectivity index (χ4v) is 5.94. The number of rotatable bonds is 7. The van der Waals surface area contributed by atoms with E-state index in [4.69, 9.17) is 19.1 Å². The first-order chi connectivity index (χ1) is 19.3. The van der Waals surface area contributed by atoms with E-state index in [-0.39, 0.29) is 22.9 Å². The van der Waals surface area contributed by atoms with Crippen LogP contribution in [0.15, 0.2) is 42.5 Å². The number of ether oxygens (including phenoxy) is 1. The standard InChI is InChI=1S/C28H38FNO4Si.C2HF3O2/c1-27(2,3)35(4,5)34-23-10-11-25(29)21(17-23)16-22(26(31)32)18-30-14-12-28(13-15-30)24-9-7-6-8-20(24)19-33-28;3-2(4,5)1(6)7/h6-11,17,22H,12-16,18-19H2,1-5H3,(H,31,32);(H,6,7). The largest absolute Gasteiger partial charge is 0.543 e. The summed E-state index contributed by atoms with van der Waals surface area (Å²) in [6.45, 7) is 13.3. The summed E-state index contributed by atoms with van der Waals surface area (Å²) in [5.41, 5.74) is 2.66. The third kappa shape index (κ3) is 8.10. The number of nitrogens with zero attached hydrogens (tertiary/aromatic N) is 1. The van der Waals surface area contributed by atoms with E-state index in [0.29, 0.717) is 24.5 Å². The molecule has 2 aliphatic rings. The van der Waals surface area contributed by atoms with Crippen LogP contribution < -0.4 is 4.43 Å². The Kier molecular flexibility index (Phi) is 10.2. The van der Waals surface area contributed by atoms with Gasteiger partial charge in [-0.05, 0) is 72.3 Å². The first-order valence-corrected chi connectivity index (χ1v) is 16.7. The zero-order chi connectivity index (χ0) is 31.5. The van der Waals surface area contributed by atoms with Gasteiger partial charge < -0.3 is 24.3 Å². The van der Waals surface area contributed by atoms with Gasteiger partial charge >= 0.3 is 18.1 Å². The van der Waals surface area contributed by atoms with Crippen molar-refractivity contribution in [3.63, 3.8) is 0 Å². The summed E-state index contributed by atoms with van der Waals surface area (Å²) < 4.78 is 59.0. The van der Waals surface area contributed by atoms with Crippen molar-refractivity contribution in [2.45, 2.75) is 76.6 Å². The molecule has 2 aliphatic heterocycles. The lowest BCUT2D eigenvalue weighted by Crippen LogP contribution is -2.45. The molecule has 1 atom stereocenters. The van der Waals surface area contributed by atoms with Gasteiger partial charge in [0, 0.05) is 19.6 Å². The zero-order valence-electron chi connectivity index (χ0n) is 24.6. The summed E-state index contributed by atoms with van der Waals surface area (Å²) in [5, 5.41) is 17.1. The van der Waals surface area contributed by atoms with Crippen LogP contribution in [0.5, 0.6) is 5.75 Å². The Bertz CT molecular complexity index is 1270. The molecule has 0 saturated carbocycles. The summed E-state index contributed by atoms with van der Waals surface area (Å²) in [7, 11) is -2.08. The van der Waals surface area contributed by atoms with E-state index >= 15 is 0 Å². The van der Waals surface area contributed by atoms with Crippen molar-refractivity contribution >= 4 is 20.3 Å². The van der Waals surface area contributed by atoms with Crippen molar-refractivity contribution in [1.29, 1.82) is 0 Å². The molecule has 0 bridgehead atoms. The maximum atomic E-state index is 14.7. The van der Waals surface area contributed by atoms with E-state index in [1.165, 1.54) is 17.2 Å². The lowest BCUT2D eigenvalue weighted by atomic mass is 9.83. The molecule has 2 aromatic carbocycles. The molecule has 0 amide bonds. The van der Waals surface area contributed by atoms with Crippen molar-refractivity contribution in [2.75, 3.05) is 19.6 Å². The van der Waals surface area contributed by atoms with Crippen molar-refractivity contribution in [1.82, 2.24) is 4.90 Å². The molecule has 12 heteroatoms. The van der Waals surface area contributed by atoms with Gasteiger partial charge in [0.15, 0.2) is 0 Å². The van der Waals surface area contributed by atoms with Gasteiger partial charge in [-0.25, -0.2) is 9.18 Å². The Hall–Kier alpha value is -2.96. The molecule has 2 heterocycles. The number of likely N-dealkylation sites (tertiary alicyclic amines) is 1. The quantitative estimate of drug-likeness (QED) is 0.268. The van der Waals surface area contributed by atoms with Crippen LogP contribution in [0, 0.1) is 11.7 Å². The lowest BCUT2D eigenvalue weighted by molar-refractivity contribution is -0.192. The van der Waals surface area contributed by atoms with Crippen LogP contribution in [0.2, 0.25) is 18.1 Å². The Morgan fingerprint density at radius 3 is 2.21 bits per heavy atom. The van der Waals surface area contributed by atoms with E-state index in [9.17, 15) is 27.5 Å². The number of carboxylic acids is 2. The summed E-state index contributed by atoms with van der Waals surface area (Å²) in [4.78, 5) is 23.2. The second-order valence-corrected chi connectivity index (χ2v) is 17.1. The normalized spacial score (nSPS) is 17.6. The summed E-state index contributed by atoms with van der Waals surface area (Å²) in [6, 6.07) is 13.1. The van der Waals surface area contributed by atoms with E-state index < -0.39 is 32.4 Å². The number of aliphatic carboxylic acids is 2. The molecule has 2 N–H and O–H groups in total. The minimum Gasteiger partial charge on any atom is -0.543 e. The number of fused-ring (bicyclic) bond motifs is 2. The van der Waals surface area contributed by atoms with Gasteiger partial charge in [0.2, 0.25) is 8.32 Å². The monoisotopic (exact) mass is 613 g/mol. The number of hydrogen-bond acceptors (Lipinski definition) is 5. The van der Waals surface area contributed by atoms with Gasteiger partial charge in [0.1, 0.15) is 11.6 Å². The minimum atomic E-state index is -5.08. The molecule has 232 valence electrons. The highest BCUT2D eigenvalue weighted by Crippen LogP contribution is 2.44. The van der Waals surface area contributed by atoms with Crippen molar-refractivity contribution in [2.24, 2.45) is 5.92 Å². The molecule has 0 radical (unpaired) electrons. The van der Waals surface area contributed by atoms with Gasteiger partial charge in [-0.3, -0.25) is 4.79 Å². The molecule has 1 fully saturated rings. The van der Waals surface area contributed by atoms with Crippen LogP contribution in [0.25, 0.3) is 0 Å². The second kappa shape index (κ2) is 12.7. The topological polar surface area (TPSA) is 96.3 Å². The molecular weight excluding hydrogens is 574 g/mol. The molecule has 4 rings (SSSR count). The van der Waals surface area contributed by atoms with Crippen molar-refractivity contribution in [3.05, 3.63) is 65.0 Å². The average molecular weight is 614 g/mol. The van der Waals surface area contributed by atoms with Crippen molar-refractivity contribution in [3.8, 4) is 5.75 Å². The average Bonchev–Trinajstić information content (AvgIpc) is 3.24. The Morgan fingerprint density at radius 2 is 1.67 bits per heavy atom. The van der Waals surface area contributed by atoms with Gasteiger partial charge in [0.05, 0.1) is 18.1 Å². The number of halogens is 4. The first-order valence-electron chi connectivity index (χ1n) is 13.8. The van der Waals surface area contributed by atoms with Crippen LogP contribution >= 0.6 is 0 Å². The van der Waals surface area contributed by atoms with Crippen LogP contribution in [0.1, 0.15) is 50.3 Å². The SMILES string of the molecule is CC(C)(C)[Si](C)(C)Oc1ccc(F)c(CC(CN2CCC3(CC2)OCc2ccccc23)C(=O)O)c1.O=C(O)C(F)(F)F. The summed E-state index contributed by atoms with van der Waals surface area (Å²) >= 11 is 0. The number of alkyl halides is 3. The summed E-state index contributed by atoms with van der Waals surface area (Å²) in [6.07, 6.45) is -3.28. The number of carbonyl (C=O) groups is 2. The highest BCUT2D eigenvalue weighted by Gasteiger charge is 2.43. The third-order valence-corrected chi connectivity index (χ3v) is 12.8. The predicted molar refractivity (Wildman–Crippen MR) is 151 cm³/mol. The maximum absolute atomic E-state index is 14.7. The van der Waals surface area contributed by atoms with Crippen LogP contribution in [-0.4, -0.2) is 61.2 Å². The van der Waals surface area contributed by atoms with Gasteiger partial charge in [0.25, 0.3) is 0 Å². The van der Waals surface area contributed by atoms with E-state index in [2.05, 4.69) is 57.0 Å². The van der Waals surface area contributed by atoms with E-state index in [0.717, 1.165) is 25.9 Å². The van der Waals surface area contributed by atoms with Crippen LogP contribution in [0.3, 0.4) is 0 Å². The molecular formula is C30H39F4NO6Si. The molecule has 1 unspecified atom stereocenters.